The monoisotopic (exact) mass is 550 g/mol. The second kappa shape index (κ2) is 13.7. The molecule has 0 amide bonds. The maximum Gasteiger partial charge on any atom is 0.359 e. The average molecular weight is 551 g/mol. The number of carbonyl (C=O) groups is 2. The summed E-state index contributed by atoms with van der Waals surface area (Å²) in [6.45, 7) is 0.612. The van der Waals surface area contributed by atoms with Gasteiger partial charge in [0.25, 0.3) is 0 Å². The van der Waals surface area contributed by atoms with E-state index in [1.54, 1.807) is 4.57 Å². The molecular weight excluding hydrogens is 514 g/mol. The first-order valence-electron chi connectivity index (χ1n) is 14.4. The number of anilines is 1. The zero-order valence-electron chi connectivity index (χ0n) is 23.2. The second-order valence-electron chi connectivity index (χ2n) is 10.5. The Bertz CT molecular complexity index is 1470. The molecule has 0 bridgehead atoms. The molecule has 0 saturated carbocycles. The molecule has 2 N–H and O–H groups in total. The van der Waals surface area contributed by atoms with Crippen molar-refractivity contribution in [2.75, 3.05) is 11.9 Å². The van der Waals surface area contributed by atoms with Crippen molar-refractivity contribution in [2.45, 2.75) is 57.4 Å². The zero-order valence-corrected chi connectivity index (χ0v) is 23.2. The molecule has 5 rings (SSSR count). The molecule has 1 aliphatic heterocycles. The number of unbranched alkanes of at least 4 members (excludes halogenated alkanes) is 4. The van der Waals surface area contributed by atoms with Crippen LogP contribution in [0.2, 0.25) is 0 Å². The lowest BCUT2D eigenvalue weighted by atomic mass is 10.1. The van der Waals surface area contributed by atoms with Crippen LogP contribution in [0.15, 0.2) is 91.1 Å². The number of rotatable bonds is 14. The number of carboxylic acids is 1. The van der Waals surface area contributed by atoms with E-state index in [9.17, 15) is 9.59 Å². The van der Waals surface area contributed by atoms with Gasteiger partial charge in [-0.05, 0) is 36.1 Å². The number of carbonyl (C=O) groups excluding carboxylic acids is 1. The SMILES string of the molecule is O=C(O)CCCCCCCOc1cccc(CC2Nc3c(Cc4ccccc4)nc(-c4ccccc4)c[n+]3C2=O)c1. The van der Waals surface area contributed by atoms with E-state index < -0.39 is 12.0 Å². The molecule has 1 unspecified atom stereocenters. The van der Waals surface area contributed by atoms with Crippen LogP contribution in [-0.4, -0.2) is 34.6 Å². The Balaban J connectivity index is 1.25. The summed E-state index contributed by atoms with van der Waals surface area (Å²) in [5.41, 5.74) is 4.74. The number of hydrogen-bond acceptors (Lipinski definition) is 5. The second-order valence-corrected chi connectivity index (χ2v) is 10.5. The van der Waals surface area contributed by atoms with E-state index in [0.29, 0.717) is 19.4 Å². The quantitative estimate of drug-likeness (QED) is 0.145. The first kappa shape index (κ1) is 28.0. The standard InChI is InChI=1S/C34H35N3O4/c38-32(39)19-10-2-1-3-11-20-41-28-18-12-15-26(21-28)23-30-34(40)37-24-31(27-16-8-5-9-17-27)35-29(33(37)36-30)22-25-13-6-4-7-14-25/h4-9,12-18,21,24,30H,1-3,10-11,19-20,22-23H2,(H,38,39)/p+1. The van der Waals surface area contributed by atoms with Crippen LogP contribution in [-0.2, 0) is 17.6 Å². The molecule has 0 fully saturated rings. The number of carboxylic acid groups (broad SMARTS) is 1. The number of nitrogens with one attached hydrogen (secondary N) is 1. The number of ether oxygens (including phenoxy) is 1. The Morgan fingerprint density at radius 2 is 1.59 bits per heavy atom. The van der Waals surface area contributed by atoms with Gasteiger partial charge in [-0.3, -0.25) is 10.1 Å². The van der Waals surface area contributed by atoms with Gasteiger partial charge >= 0.3 is 17.7 Å². The summed E-state index contributed by atoms with van der Waals surface area (Å²) in [5, 5.41) is 12.2. The van der Waals surface area contributed by atoms with Gasteiger partial charge in [0.15, 0.2) is 6.04 Å². The van der Waals surface area contributed by atoms with Gasteiger partial charge < -0.3 is 9.84 Å². The Kier molecular flexibility index (Phi) is 9.37. The molecular formula is C34H36N3O4+. The number of aliphatic carboxylic acids is 1. The van der Waals surface area contributed by atoms with E-state index in [0.717, 1.165) is 71.7 Å². The molecule has 2 heterocycles. The summed E-state index contributed by atoms with van der Waals surface area (Å²) in [4.78, 5) is 29.2. The van der Waals surface area contributed by atoms with Crippen molar-refractivity contribution in [3.05, 3.63) is 108 Å². The Hall–Kier alpha value is -4.52. The topological polar surface area (TPSA) is 92.4 Å². The Labute approximate surface area is 240 Å². The molecule has 7 heteroatoms. The first-order valence-corrected chi connectivity index (χ1v) is 14.4. The maximum absolute atomic E-state index is 13.6. The Morgan fingerprint density at radius 3 is 2.37 bits per heavy atom. The number of hydrogen-bond donors (Lipinski definition) is 2. The molecule has 0 saturated heterocycles. The lowest BCUT2D eigenvalue weighted by Gasteiger charge is -2.09. The van der Waals surface area contributed by atoms with Crippen LogP contribution in [0.1, 0.15) is 60.1 Å². The molecule has 1 aliphatic rings. The molecule has 0 spiro atoms. The molecule has 210 valence electrons. The highest BCUT2D eigenvalue weighted by Crippen LogP contribution is 2.25. The van der Waals surface area contributed by atoms with Crippen LogP contribution in [0.4, 0.5) is 5.82 Å². The third-order valence-corrected chi connectivity index (χ3v) is 7.29. The van der Waals surface area contributed by atoms with Gasteiger partial charge in [-0.2, -0.15) is 4.57 Å². The lowest BCUT2D eigenvalue weighted by molar-refractivity contribution is -0.552. The number of benzene rings is 3. The number of fused-ring (bicyclic) bond motifs is 1. The summed E-state index contributed by atoms with van der Waals surface area (Å²) >= 11 is 0. The molecule has 0 aliphatic carbocycles. The summed E-state index contributed by atoms with van der Waals surface area (Å²) in [7, 11) is 0. The molecule has 3 aromatic carbocycles. The summed E-state index contributed by atoms with van der Waals surface area (Å²) in [6.07, 6.45) is 7.84. The van der Waals surface area contributed by atoms with Crippen LogP contribution < -0.4 is 14.6 Å². The lowest BCUT2D eigenvalue weighted by Crippen LogP contribution is -2.44. The minimum Gasteiger partial charge on any atom is -0.494 e. The largest absolute Gasteiger partial charge is 0.494 e. The fourth-order valence-corrected chi connectivity index (χ4v) is 5.17. The fraction of sp³-hybridized carbons (Fsp3) is 0.294. The zero-order chi connectivity index (χ0) is 28.4. The number of aromatic nitrogens is 2. The van der Waals surface area contributed by atoms with Gasteiger partial charge in [0, 0.05) is 24.8 Å². The Morgan fingerprint density at radius 1 is 0.878 bits per heavy atom. The molecule has 1 aromatic heterocycles. The smallest absolute Gasteiger partial charge is 0.359 e. The van der Waals surface area contributed by atoms with Gasteiger partial charge in [0.2, 0.25) is 0 Å². The van der Waals surface area contributed by atoms with Crippen molar-refractivity contribution >= 4 is 17.7 Å². The maximum atomic E-state index is 13.6. The van der Waals surface area contributed by atoms with Crippen LogP contribution in [0.25, 0.3) is 11.3 Å². The van der Waals surface area contributed by atoms with Crippen LogP contribution >= 0.6 is 0 Å². The van der Waals surface area contributed by atoms with E-state index in [1.165, 1.54) is 0 Å². The minimum atomic E-state index is -0.730. The van der Waals surface area contributed by atoms with E-state index >= 15 is 0 Å². The van der Waals surface area contributed by atoms with Gasteiger partial charge in [-0.25, -0.2) is 9.78 Å². The van der Waals surface area contributed by atoms with Crippen molar-refractivity contribution < 1.29 is 24.0 Å². The van der Waals surface area contributed by atoms with Gasteiger partial charge in [0.05, 0.1) is 6.61 Å². The molecule has 0 radical (unpaired) electrons. The van der Waals surface area contributed by atoms with Gasteiger partial charge in [-0.1, -0.05) is 92.1 Å². The van der Waals surface area contributed by atoms with E-state index in [-0.39, 0.29) is 12.3 Å². The number of nitrogens with zero attached hydrogens (tertiary/aromatic N) is 2. The highest BCUT2D eigenvalue weighted by molar-refractivity contribution is 5.82. The van der Waals surface area contributed by atoms with Crippen LogP contribution in [0.3, 0.4) is 0 Å². The summed E-state index contributed by atoms with van der Waals surface area (Å²) in [6, 6.07) is 27.7. The van der Waals surface area contributed by atoms with Crippen molar-refractivity contribution in [2.24, 2.45) is 0 Å². The molecule has 1 atom stereocenters. The van der Waals surface area contributed by atoms with Gasteiger partial charge in [-0.15, -0.1) is 0 Å². The predicted octanol–water partition coefficient (Wildman–Crippen LogP) is 6.11. The molecule has 4 aromatic rings. The fourth-order valence-electron chi connectivity index (χ4n) is 5.17. The van der Waals surface area contributed by atoms with E-state index in [2.05, 4.69) is 17.4 Å². The highest BCUT2D eigenvalue weighted by Gasteiger charge is 2.41. The average Bonchev–Trinajstić information content (AvgIpc) is 3.30. The third-order valence-electron chi connectivity index (χ3n) is 7.29. The van der Waals surface area contributed by atoms with Crippen LogP contribution in [0.5, 0.6) is 5.75 Å². The summed E-state index contributed by atoms with van der Waals surface area (Å²) < 4.78 is 7.71. The predicted molar refractivity (Wildman–Crippen MR) is 158 cm³/mol. The van der Waals surface area contributed by atoms with Crippen LogP contribution in [0, 0.1) is 0 Å². The van der Waals surface area contributed by atoms with Gasteiger partial charge in [0.1, 0.15) is 23.3 Å². The van der Waals surface area contributed by atoms with Crippen molar-refractivity contribution in [3.8, 4) is 17.0 Å². The molecule has 41 heavy (non-hydrogen) atoms. The minimum absolute atomic E-state index is 0.00288. The summed E-state index contributed by atoms with van der Waals surface area (Å²) in [5.74, 6) is 0.815. The highest BCUT2D eigenvalue weighted by atomic mass is 16.5. The van der Waals surface area contributed by atoms with Crippen molar-refractivity contribution in [1.29, 1.82) is 0 Å². The van der Waals surface area contributed by atoms with E-state index in [1.807, 2.05) is 79.0 Å². The molecule has 7 nitrogen and oxygen atoms in total. The normalized spacial score (nSPS) is 14.0. The third kappa shape index (κ3) is 7.57. The van der Waals surface area contributed by atoms with Crippen molar-refractivity contribution in [1.82, 2.24) is 4.98 Å². The van der Waals surface area contributed by atoms with E-state index in [4.69, 9.17) is 14.8 Å². The van der Waals surface area contributed by atoms with Crippen molar-refractivity contribution in [3.63, 3.8) is 0 Å². The first-order chi connectivity index (χ1) is 20.1.